The van der Waals surface area contributed by atoms with Gasteiger partial charge in [-0.25, -0.2) is 0 Å². The Balaban J connectivity index is 1.91. The van der Waals surface area contributed by atoms with Crippen LogP contribution in [0.4, 0.5) is 0 Å². The van der Waals surface area contributed by atoms with E-state index in [9.17, 15) is 9.90 Å². The first kappa shape index (κ1) is 11.9. The maximum Gasteiger partial charge on any atom is 0.314 e. The molecule has 5 heteroatoms. The first-order chi connectivity index (χ1) is 9.25. The molecular formula is C14H15N3O2. The summed E-state index contributed by atoms with van der Waals surface area (Å²) in [5.74, 6) is 0.141. The number of rotatable bonds is 3. The van der Waals surface area contributed by atoms with Gasteiger partial charge in [-0.05, 0) is 18.4 Å². The van der Waals surface area contributed by atoms with Crippen molar-refractivity contribution in [3.8, 4) is 0 Å². The van der Waals surface area contributed by atoms with Gasteiger partial charge in [0.15, 0.2) is 0 Å². The predicted octanol–water partition coefficient (Wildman–Crippen LogP) is 1.83. The molecule has 1 aliphatic heterocycles. The third-order valence-corrected chi connectivity index (χ3v) is 3.55. The summed E-state index contributed by atoms with van der Waals surface area (Å²) in [6.45, 7) is 0.814. The maximum absolute atomic E-state index is 11.2. The normalized spacial score (nSPS) is 18.0. The number of carboxylic acid groups (broad SMARTS) is 1. The number of benzene rings is 1. The molecule has 1 aromatic heterocycles. The highest BCUT2D eigenvalue weighted by Gasteiger charge is 2.30. The van der Waals surface area contributed by atoms with Gasteiger partial charge in [0.25, 0.3) is 0 Å². The molecule has 5 nitrogen and oxygen atoms in total. The number of hydrogen-bond donors (Lipinski definition) is 1. The molecule has 0 bridgehead atoms. The van der Waals surface area contributed by atoms with Gasteiger partial charge in [0.05, 0.1) is 0 Å². The minimum Gasteiger partial charge on any atom is -0.481 e. The molecule has 1 atom stereocenters. The molecule has 0 spiro atoms. The van der Waals surface area contributed by atoms with Crippen LogP contribution in [0.15, 0.2) is 30.3 Å². The van der Waals surface area contributed by atoms with Crippen molar-refractivity contribution in [2.75, 3.05) is 0 Å². The SMILES string of the molecule is O=C(O)C1CCCn2c(Cc3ccccc3)nnc21. The quantitative estimate of drug-likeness (QED) is 0.910. The molecule has 2 heterocycles. The Bertz CT molecular complexity index is 592. The summed E-state index contributed by atoms with van der Waals surface area (Å²) in [6, 6.07) is 10.0. The lowest BCUT2D eigenvalue weighted by molar-refractivity contribution is -0.139. The first-order valence-electron chi connectivity index (χ1n) is 6.44. The average molecular weight is 257 g/mol. The van der Waals surface area contributed by atoms with Gasteiger partial charge in [-0.15, -0.1) is 10.2 Å². The van der Waals surface area contributed by atoms with Crippen LogP contribution in [-0.2, 0) is 17.8 Å². The smallest absolute Gasteiger partial charge is 0.314 e. The Morgan fingerprint density at radius 3 is 2.84 bits per heavy atom. The van der Waals surface area contributed by atoms with Gasteiger partial charge in [0.2, 0.25) is 0 Å². The fourth-order valence-corrected chi connectivity index (χ4v) is 2.58. The van der Waals surface area contributed by atoms with Gasteiger partial charge in [-0.3, -0.25) is 4.79 Å². The number of carbonyl (C=O) groups is 1. The highest BCUT2D eigenvalue weighted by molar-refractivity contribution is 5.75. The van der Waals surface area contributed by atoms with Crippen LogP contribution < -0.4 is 0 Å². The molecule has 0 radical (unpaired) electrons. The summed E-state index contributed by atoms with van der Waals surface area (Å²) in [5, 5.41) is 17.5. The second-order valence-corrected chi connectivity index (χ2v) is 4.82. The highest BCUT2D eigenvalue weighted by Crippen LogP contribution is 2.27. The summed E-state index contributed by atoms with van der Waals surface area (Å²) in [7, 11) is 0. The topological polar surface area (TPSA) is 68.0 Å². The number of aromatic nitrogens is 3. The van der Waals surface area contributed by atoms with Crippen molar-refractivity contribution in [2.45, 2.75) is 31.7 Å². The number of fused-ring (bicyclic) bond motifs is 1. The standard InChI is InChI=1S/C14H15N3O2/c18-14(19)11-7-4-8-17-12(15-16-13(11)17)9-10-5-2-1-3-6-10/h1-3,5-6,11H,4,7-9H2,(H,18,19). The lowest BCUT2D eigenvalue weighted by Gasteiger charge is -2.20. The molecule has 0 aliphatic carbocycles. The van der Waals surface area contributed by atoms with Crippen molar-refractivity contribution in [2.24, 2.45) is 0 Å². The summed E-state index contributed by atoms with van der Waals surface area (Å²) < 4.78 is 1.97. The molecule has 98 valence electrons. The van der Waals surface area contributed by atoms with Crippen molar-refractivity contribution < 1.29 is 9.90 Å². The van der Waals surface area contributed by atoms with Crippen LogP contribution in [0.25, 0.3) is 0 Å². The molecule has 0 saturated heterocycles. The van der Waals surface area contributed by atoms with Gasteiger partial charge >= 0.3 is 5.97 Å². The molecule has 0 amide bonds. The lowest BCUT2D eigenvalue weighted by Crippen LogP contribution is -2.23. The van der Waals surface area contributed by atoms with E-state index in [1.165, 1.54) is 0 Å². The molecule has 1 unspecified atom stereocenters. The molecule has 2 aromatic rings. The van der Waals surface area contributed by atoms with Crippen molar-refractivity contribution in [3.63, 3.8) is 0 Å². The largest absolute Gasteiger partial charge is 0.481 e. The van der Waals surface area contributed by atoms with Crippen molar-refractivity contribution in [3.05, 3.63) is 47.5 Å². The van der Waals surface area contributed by atoms with Gasteiger partial charge in [0, 0.05) is 13.0 Å². The zero-order valence-corrected chi connectivity index (χ0v) is 10.5. The fraction of sp³-hybridized carbons (Fsp3) is 0.357. The maximum atomic E-state index is 11.2. The van der Waals surface area contributed by atoms with E-state index in [-0.39, 0.29) is 0 Å². The summed E-state index contributed by atoms with van der Waals surface area (Å²) in [5.41, 5.74) is 1.16. The molecule has 0 saturated carbocycles. The van der Waals surface area contributed by atoms with Crippen LogP contribution in [0, 0.1) is 0 Å². The van der Waals surface area contributed by atoms with E-state index < -0.39 is 11.9 Å². The van der Waals surface area contributed by atoms with Crippen LogP contribution in [-0.4, -0.2) is 25.8 Å². The number of aliphatic carboxylic acids is 1. The number of hydrogen-bond acceptors (Lipinski definition) is 3. The minimum absolute atomic E-state index is 0.509. The van der Waals surface area contributed by atoms with Gasteiger partial charge in [-0.1, -0.05) is 30.3 Å². The second-order valence-electron chi connectivity index (χ2n) is 4.82. The van der Waals surface area contributed by atoms with E-state index in [1.807, 2.05) is 34.9 Å². The van der Waals surface area contributed by atoms with Crippen LogP contribution in [0.5, 0.6) is 0 Å². The summed E-state index contributed by atoms with van der Waals surface area (Å²) in [4.78, 5) is 11.2. The monoisotopic (exact) mass is 257 g/mol. The highest BCUT2D eigenvalue weighted by atomic mass is 16.4. The van der Waals surface area contributed by atoms with Gasteiger partial charge < -0.3 is 9.67 Å². The molecule has 1 aromatic carbocycles. The second kappa shape index (κ2) is 4.84. The number of carboxylic acids is 1. The van der Waals surface area contributed by atoms with E-state index >= 15 is 0 Å². The van der Waals surface area contributed by atoms with E-state index in [0.717, 1.165) is 24.4 Å². The van der Waals surface area contributed by atoms with Crippen LogP contribution in [0.2, 0.25) is 0 Å². The Hall–Kier alpha value is -2.17. The van der Waals surface area contributed by atoms with E-state index in [2.05, 4.69) is 10.2 Å². The molecular weight excluding hydrogens is 242 g/mol. The first-order valence-corrected chi connectivity index (χ1v) is 6.44. The zero-order valence-electron chi connectivity index (χ0n) is 10.5. The Kier molecular flexibility index (Phi) is 3.03. The van der Waals surface area contributed by atoms with E-state index in [4.69, 9.17) is 0 Å². The van der Waals surface area contributed by atoms with Crippen molar-refractivity contribution in [1.82, 2.24) is 14.8 Å². The van der Waals surface area contributed by atoms with Crippen LogP contribution in [0.1, 0.15) is 36.0 Å². The molecule has 3 rings (SSSR count). The van der Waals surface area contributed by atoms with Gasteiger partial charge in [-0.2, -0.15) is 0 Å². The van der Waals surface area contributed by atoms with Crippen molar-refractivity contribution >= 4 is 5.97 Å². The number of nitrogens with zero attached hydrogens (tertiary/aromatic N) is 3. The Morgan fingerprint density at radius 1 is 1.32 bits per heavy atom. The zero-order chi connectivity index (χ0) is 13.2. The summed E-state index contributed by atoms with van der Waals surface area (Å²) in [6.07, 6.45) is 2.21. The molecule has 19 heavy (non-hydrogen) atoms. The molecule has 0 fully saturated rings. The van der Waals surface area contributed by atoms with Crippen molar-refractivity contribution in [1.29, 1.82) is 0 Å². The molecule has 1 N–H and O–H groups in total. The van der Waals surface area contributed by atoms with E-state index in [1.54, 1.807) is 0 Å². The third-order valence-electron chi connectivity index (χ3n) is 3.55. The average Bonchev–Trinajstić information content (AvgIpc) is 2.83. The van der Waals surface area contributed by atoms with E-state index in [0.29, 0.717) is 18.7 Å². The Labute approximate surface area is 110 Å². The third kappa shape index (κ3) is 2.23. The van der Waals surface area contributed by atoms with Gasteiger partial charge in [0.1, 0.15) is 17.6 Å². The molecule has 1 aliphatic rings. The minimum atomic E-state index is -0.806. The Morgan fingerprint density at radius 2 is 2.11 bits per heavy atom. The van der Waals surface area contributed by atoms with Crippen LogP contribution >= 0.6 is 0 Å². The fourth-order valence-electron chi connectivity index (χ4n) is 2.58. The summed E-state index contributed by atoms with van der Waals surface area (Å²) >= 11 is 0. The van der Waals surface area contributed by atoms with Crippen LogP contribution in [0.3, 0.4) is 0 Å². The lowest BCUT2D eigenvalue weighted by atomic mass is 9.99. The predicted molar refractivity (Wildman–Crippen MR) is 68.9 cm³/mol.